The average molecular weight is 233 g/mol. The van der Waals surface area contributed by atoms with Crippen LogP contribution in [0.1, 0.15) is 19.4 Å². The number of ether oxygens (including phenoxy) is 1. The summed E-state index contributed by atoms with van der Waals surface area (Å²) in [5.74, 6) is -1.02. The first-order chi connectivity index (χ1) is 8.10. The number of benzene rings is 1. The quantitative estimate of drug-likeness (QED) is 0.458. The van der Waals surface area contributed by atoms with Crippen molar-refractivity contribution in [3.8, 4) is 6.07 Å². The highest BCUT2D eigenvalue weighted by atomic mass is 19.1. The van der Waals surface area contributed by atoms with Gasteiger partial charge in [-0.15, -0.1) is 0 Å². The van der Waals surface area contributed by atoms with E-state index in [1.54, 1.807) is 13.8 Å². The molecule has 1 rings (SSSR count). The lowest BCUT2D eigenvalue weighted by molar-refractivity contribution is -0.137. The van der Waals surface area contributed by atoms with Crippen LogP contribution in [0, 0.1) is 17.1 Å². The largest absolute Gasteiger partial charge is 0.462 e. The topological polar surface area (TPSA) is 50.1 Å². The van der Waals surface area contributed by atoms with Crippen LogP contribution in [0.5, 0.6) is 0 Å². The SMILES string of the molecule is CCOC(=O)C(C#N)=C(C)c1ccc(F)cc1. The average Bonchev–Trinajstić information content (AvgIpc) is 2.31. The van der Waals surface area contributed by atoms with Gasteiger partial charge in [-0.25, -0.2) is 9.18 Å². The van der Waals surface area contributed by atoms with Gasteiger partial charge in [0.1, 0.15) is 17.5 Å². The number of nitrogens with zero attached hydrogens (tertiary/aromatic N) is 1. The lowest BCUT2D eigenvalue weighted by atomic mass is 10.0. The van der Waals surface area contributed by atoms with Crippen LogP contribution in [-0.4, -0.2) is 12.6 Å². The van der Waals surface area contributed by atoms with Crippen molar-refractivity contribution in [1.29, 1.82) is 5.26 Å². The van der Waals surface area contributed by atoms with Crippen molar-refractivity contribution in [1.82, 2.24) is 0 Å². The molecule has 0 saturated carbocycles. The number of hydrogen-bond acceptors (Lipinski definition) is 3. The summed E-state index contributed by atoms with van der Waals surface area (Å²) < 4.78 is 17.5. The molecule has 0 atom stereocenters. The Bertz CT molecular complexity index is 483. The number of halogens is 1. The van der Waals surface area contributed by atoms with Gasteiger partial charge in [0.15, 0.2) is 0 Å². The Hall–Kier alpha value is -2.15. The monoisotopic (exact) mass is 233 g/mol. The molecule has 88 valence electrons. The second-order valence-electron chi connectivity index (χ2n) is 3.34. The molecule has 0 aliphatic heterocycles. The molecule has 0 fully saturated rings. The third-order valence-electron chi connectivity index (χ3n) is 2.24. The van der Waals surface area contributed by atoms with Crippen LogP contribution in [0.15, 0.2) is 29.8 Å². The van der Waals surface area contributed by atoms with E-state index in [4.69, 9.17) is 10.00 Å². The summed E-state index contributed by atoms with van der Waals surface area (Å²) in [5.41, 5.74) is 1.04. The number of hydrogen-bond donors (Lipinski definition) is 0. The summed E-state index contributed by atoms with van der Waals surface area (Å²) in [6.45, 7) is 3.50. The van der Waals surface area contributed by atoms with Gasteiger partial charge < -0.3 is 4.74 Å². The van der Waals surface area contributed by atoms with Crippen LogP contribution in [0.25, 0.3) is 5.57 Å². The predicted octanol–water partition coefficient (Wildman–Crippen LogP) is 2.69. The fourth-order valence-corrected chi connectivity index (χ4v) is 1.33. The molecule has 0 amide bonds. The third-order valence-corrected chi connectivity index (χ3v) is 2.24. The minimum atomic E-state index is -0.656. The first kappa shape index (κ1) is 12.9. The maximum atomic E-state index is 12.7. The van der Waals surface area contributed by atoms with E-state index in [1.807, 2.05) is 6.07 Å². The molecule has 0 saturated heterocycles. The molecule has 0 radical (unpaired) electrons. The highest BCUT2D eigenvalue weighted by Gasteiger charge is 2.14. The number of carbonyl (C=O) groups excluding carboxylic acids is 1. The number of carbonyl (C=O) groups is 1. The lowest BCUT2D eigenvalue weighted by Gasteiger charge is -2.05. The minimum absolute atomic E-state index is 0.0570. The molecule has 0 unspecified atom stereocenters. The van der Waals surface area contributed by atoms with Gasteiger partial charge in [0.25, 0.3) is 0 Å². The van der Waals surface area contributed by atoms with Crippen molar-refractivity contribution in [2.24, 2.45) is 0 Å². The van der Waals surface area contributed by atoms with Crippen LogP contribution >= 0.6 is 0 Å². The van der Waals surface area contributed by atoms with E-state index < -0.39 is 5.97 Å². The van der Waals surface area contributed by atoms with Gasteiger partial charge in [0.05, 0.1) is 6.61 Å². The van der Waals surface area contributed by atoms with Crippen molar-refractivity contribution in [2.45, 2.75) is 13.8 Å². The van der Waals surface area contributed by atoms with Gasteiger partial charge in [0, 0.05) is 0 Å². The summed E-state index contributed by atoms with van der Waals surface area (Å²) in [6.07, 6.45) is 0. The number of allylic oxidation sites excluding steroid dienone is 1. The number of nitriles is 1. The Morgan fingerprint density at radius 1 is 1.41 bits per heavy atom. The zero-order chi connectivity index (χ0) is 12.8. The van der Waals surface area contributed by atoms with Crippen LogP contribution in [0.3, 0.4) is 0 Å². The maximum Gasteiger partial charge on any atom is 0.349 e. The summed E-state index contributed by atoms with van der Waals surface area (Å²) in [7, 11) is 0. The molecule has 0 N–H and O–H groups in total. The Labute approximate surface area is 99.1 Å². The predicted molar refractivity (Wildman–Crippen MR) is 61.2 cm³/mol. The van der Waals surface area contributed by atoms with E-state index in [0.29, 0.717) is 11.1 Å². The fourth-order valence-electron chi connectivity index (χ4n) is 1.33. The van der Waals surface area contributed by atoms with Gasteiger partial charge in [-0.05, 0) is 37.1 Å². The zero-order valence-electron chi connectivity index (χ0n) is 9.66. The van der Waals surface area contributed by atoms with Crippen molar-refractivity contribution >= 4 is 11.5 Å². The molecule has 0 heterocycles. The van der Waals surface area contributed by atoms with Gasteiger partial charge in [-0.2, -0.15) is 5.26 Å². The molecule has 4 heteroatoms. The summed E-state index contributed by atoms with van der Waals surface area (Å²) in [5, 5.41) is 8.93. The Morgan fingerprint density at radius 3 is 2.47 bits per heavy atom. The lowest BCUT2D eigenvalue weighted by Crippen LogP contribution is -2.08. The Morgan fingerprint density at radius 2 is 2.00 bits per heavy atom. The van der Waals surface area contributed by atoms with Crippen molar-refractivity contribution in [3.05, 3.63) is 41.2 Å². The summed E-state index contributed by atoms with van der Waals surface area (Å²) in [6, 6.07) is 7.39. The summed E-state index contributed by atoms with van der Waals surface area (Å²) in [4.78, 5) is 11.5. The minimum Gasteiger partial charge on any atom is -0.462 e. The zero-order valence-corrected chi connectivity index (χ0v) is 9.66. The third kappa shape index (κ3) is 3.15. The molecular weight excluding hydrogens is 221 g/mol. The van der Waals surface area contributed by atoms with E-state index in [0.717, 1.165) is 0 Å². The van der Waals surface area contributed by atoms with Crippen molar-refractivity contribution in [3.63, 3.8) is 0 Å². The van der Waals surface area contributed by atoms with Crippen LogP contribution < -0.4 is 0 Å². The van der Waals surface area contributed by atoms with E-state index in [1.165, 1.54) is 24.3 Å². The van der Waals surface area contributed by atoms with Crippen LogP contribution in [0.4, 0.5) is 4.39 Å². The first-order valence-corrected chi connectivity index (χ1v) is 5.14. The molecule has 0 bridgehead atoms. The van der Waals surface area contributed by atoms with Crippen molar-refractivity contribution < 1.29 is 13.9 Å². The highest BCUT2D eigenvalue weighted by Crippen LogP contribution is 2.19. The molecule has 3 nitrogen and oxygen atoms in total. The molecular formula is C13H12FNO2. The molecule has 17 heavy (non-hydrogen) atoms. The molecule has 0 spiro atoms. The fraction of sp³-hybridized carbons (Fsp3) is 0.231. The molecule has 0 aliphatic rings. The smallest absolute Gasteiger partial charge is 0.349 e. The Balaban J connectivity index is 3.13. The second kappa shape index (κ2) is 5.80. The molecule has 1 aromatic carbocycles. The number of esters is 1. The Kier molecular flexibility index (Phi) is 4.41. The number of rotatable bonds is 3. The van der Waals surface area contributed by atoms with E-state index in [2.05, 4.69) is 0 Å². The molecule has 0 aliphatic carbocycles. The van der Waals surface area contributed by atoms with E-state index >= 15 is 0 Å². The van der Waals surface area contributed by atoms with E-state index in [-0.39, 0.29) is 18.0 Å². The van der Waals surface area contributed by atoms with Gasteiger partial charge in [-0.3, -0.25) is 0 Å². The summed E-state index contributed by atoms with van der Waals surface area (Å²) >= 11 is 0. The van der Waals surface area contributed by atoms with Crippen LogP contribution in [0.2, 0.25) is 0 Å². The molecule has 0 aromatic heterocycles. The van der Waals surface area contributed by atoms with Crippen molar-refractivity contribution in [2.75, 3.05) is 6.61 Å². The standard InChI is InChI=1S/C13H12FNO2/c1-3-17-13(16)12(8-15)9(2)10-4-6-11(14)7-5-10/h4-7H,3H2,1-2H3. The van der Waals surface area contributed by atoms with Gasteiger partial charge in [0.2, 0.25) is 0 Å². The molecule has 1 aromatic rings. The highest BCUT2D eigenvalue weighted by molar-refractivity contribution is 6.01. The van der Waals surface area contributed by atoms with Crippen LogP contribution in [-0.2, 0) is 9.53 Å². The maximum absolute atomic E-state index is 12.7. The van der Waals surface area contributed by atoms with E-state index in [9.17, 15) is 9.18 Å². The second-order valence-corrected chi connectivity index (χ2v) is 3.34. The van der Waals surface area contributed by atoms with Gasteiger partial charge in [-0.1, -0.05) is 12.1 Å². The van der Waals surface area contributed by atoms with Gasteiger partial charge >= 0.3 is 5.97 Å². The first-order valence-electron chi connectivity index (χ1n) is 5.14. The normalized spacial score (nSPS) is 11.4.